The van der Waals surface area contributed by atoms with Crippen molar-refractivity contribution < 1.29 is 0 Å². The molecule has 0 aliphatic carbocycles. The Hall–Kier alpha value is -0.0600. The van der Waals surface area contributed by atoms with Crippen molar-refractivity contribution in [2.24, 2.45) is 16.1 Å². The summed E-state index contributed by atoms with van der Waals surface area (Å²) in [5.74, 6) is 0. The Morgan fingerprint density at radius 2 is 1.87 bits per heavy atom. The minimum Gasteiger partial charge on any atom is -0.401 e. The maximum Gasteiger partial charge on any atom is 0.0756 e. The molecule has 0 bridgehead atoms. The molecule has 2 nitrogen and oxygen atoms in total. The Labute approximate surface area is 108 Å². The number of hydrogen-bond acceptors (Lipinski definition) is 2. The van der Waals surface area contributed by atoms with E-state index in [1.54, 1.807) is 0 Å². The van der Waals surface area contributed by atoms with Crippen LogP contribution in [0.3, 0.4) is 0 Å². The lowest BCUT2D eigenvalue weighted by Crippen LogP contribution is -2.16. The van der Waals surface area contributed by atoms with E-state index in [0.29, 0.717) is 0 Å². The average molecular weight is 322 g/mol. The van der Waals surface area contributed by atoms with Crippen LogP contribution in [0.5, 0.6) is 0 Å². The van der Waals surface area contributed by atoms with Gasteiger partial charge >= 0.3 is 0 Å². The summed E-state index contributed by atoms with van der Waals surface area (Å²) in [5.41, 5.74) is 8.37. The molecule has 0 amide bonds. The maximum atomic E-state index is 6.11. The summed E-state index contributed by atoms with van der Waals surface area (Å²) in [6.07, 6.45) is 2.98. The number of rotatable bonds is 5. The van der Waals surface area contributed by atoms with Crippen LogP contribution in [0, 0.1) is 5.41 Å². The van der Waals surface area contributed by atoms with Gasteiger partial charge in [-0.3, -0.25) is 0 Å². The van der Waals surface area contributed by atoms with E-state index in [1.165, 1.54) is 0 Å². The molecular weight excluding hydrogens is 299 g/mol. The molecule has 15 heavy (non-hydrogen) atoms. The van der Waals surface area contributed by atoms with E-state index in [1.807, 2.05) is 6.92 Å². The number of aliphatic imine (C=N–C) groups is 1. The molecule has 0 rings (SSSR count). The lowest BCUT2D eigenvalue weighted by Gasteiger charge is -2.23. The summed E-state index contributed by atoms with van der Waals surface area (Å²) in [7, 11) is 0. The Bertz CT molecular complexity index is 261. The van der Waals surface area contributed by atoms with Crippen molar-refractivity contribution in [3.8, 4) is 0 Å². The highest BCUT2D eigenvalue weighted by atomic mass is 127. The van der Waals surface area contributed by atoms with Crippen LogP contribution < -0.4 is 5.73 Å². The van der Waals surface area contributed by atoms with Crippen LogP contribution in [-0.4, -0.2) is 3.72 Å². The van der Waals surface area contributed by atoms with Crippen LogP contribution in [0.4, 0.5) is 0 Å². The third-order valence-electron chi connectivity index (χ3n) is 2.62. The van der Waals surface area contributed by atoms with E-state index in [0.717, 1.165) is 34.4 Å². The van der Waals surface area contributed by atoms with Crippen molar-refractivity contribution in [2.75, 3.05) is 0 Å². The fourth-order valence-electron chi connectivity index (χ4n) is 1.31. The molecule has 0 aromatic heterocycles. The molecule has 0 heterocycles. The third-order valence-corrected chi connectivity index (χ3v) is 2.86. The minimum absolute atomic E-state index is 0.277. The van der Waals surface area contributed by atoms with Gasteiger partial charge in [-0.15, -0.1) is 0 Å². The van der Waals surface area contributed by atoms with Gasteiger partial charge < -0.3 is 5.73 Å². The Kier molecular flexibility index (Phi) is 6.48. The van der Waals surface area contributed by atoms with Crippen molar-refractivity contribution in [1.29, 1.82) is 0 Å². The van der Waals surface area contributed by atoms with Crippen molar-refractivity contribution >= 4 is 26.3 Å². The van der Waals surface area contributed by atoms with Crippen molar-refractivity contribution in [3.63, 3.8) is 0 Å². The maximum absolute atomic E-state index is 6.11. The van der Waals surface area contributed by atoms with E-state index < -0.39 is 0 Å². The molecule has 0 aromatic rings. The van der Waals surface area contributed by atoms with Crippen LogP contribution >= 0.6 is 22.6 Å². The predicted molar refractivity (Wildman–Crippen MR) is 77.3 cm³/mol. The van der Waals surface area contributed by atoms with E-state index >= 15 is 0 Å². The van der Waals surface area contributed by atoms with Crippen LogP contribution in [0.15, 0.2) is 16.4 Å². The van der Waals surface area contributed by atoms with Crippen molar-refractivity contribution in [1.82, 2.24) is 0 Å². The first-order chi connectivity index (χ1) is 6.82. The van der Waals surface area contributed by atoms with Gasteiger partial charge in [0.1, 0.15) is 0 Å². The van der Waals surface area contributed by atoms with Gasteiger partial charge in [0.2, 0.25) is 0 Å². The normalized spacial score (nSPS) is 15.2. The largest absolute Gasteiger partial charge is 0.401 e. The second kappa shape index (κ2) is 6.51. The molecule has 3 heteroatoms. The van der Waals surface area contributed by atoms with Crippen LogP contribution in [-0.2, 0) is 0 Å². The molecule has 88 valence electrons. The van der Waals surface area contributed by atoms with Gasteiger partial charge in [0.05, 0.1) is 9.42 Å². The fourth-order valence-corrected chi connectivity index (χ4v) is 1.60. The quantitative estimate of drug-likeness (QED) is 0.596. The van der Waals surface area contributed by atoms with Crippen molar-refractivity contribution in [2.45, 2.75) is 53.9 Å². The van der Waals surface area contributed by atoms with Gasteiger partial charge in [-0.2, -0.15) is 0 Å². The summed E-state index contributed by atoms with van der Waals surface area (Å²) in [6, 6.07) is 0. The Morgan fingerprint density at radius 3 is 2.20 bits per heavy atom. The van der Waals surface area contributed by atoms with Crippen molar-refractivity contribution in [3.05, 3.63) is 11.4 Å². The first kappa shape index (κ1) is 14.9. The van der Waals surface area contributed by atoms with Gasteiger partial charge in [0.25, 0.3) is 0 Å². The Balaban J connectivity index is 4.82. The standard InChI is InChI=1S/C12H23IN2/c1-6-11(15-9(3)13)10(14)8-12(4,5)7-2/h6-8,14H2,1-5H3/b11-10-,15-9+. The highest BCUT2D eigenvalue weighted by molar-refractivity contribution is 14.1. The van der Waals surface area contributed by atoms with Gasteiger partial charge in [-0.25, -0.2) is 4.99 Å². The lowest BCUT2D eigenvalue weighted by atomic mass is 9.85. The molecule has 0 atom stereocenters. The van der Waals surface area contributed by atoms with Crippen LogP contribution in [0.2, 0.25) is 0 Å². The van der Waals surface area contributed by atoms with E-state index in [4.69, 9.17) is 5.73 Å². The topological polar surface area (TPSA) is 38.4 Å². The monoisotopic (exact) mass is 322 g/mol. The number of halogens is 1. The highest BCUT2D eigenvalue weighted by Gasteiger charge is 2.17. The smallest absolute Gasteiger partial charge is 0.0756 e. The second-order valence-electron chi connectivity index (χ2n) is 4.63. The minimum atomic E-state index is 0.277. The summed E-state index contributed by atoms with van der Waals surface area (Å²) >= 11 is 2.22. The molecule has 0 fully saturated rings. The molecule has 0 saturated heterocycles. The van der Waals surface area contributed by atoms with Crippen LogP contribution in [0.1, 0.15) is 53.9 Å². The van der Waals surface area contributed by atoms with Gasteiger partial charge in [-0.1, -0.05) is 34.1 Å². The average Bonchev–Trinajstić information content (AvgIpc) is 2.13. The fraction of sp³-hybridized carbons (Fsp3) is 0.750. The first-order valence-corrected chi connectivity index (χ1v) is 6.58. The van der Waals surface area contributed by atoms with Gasteiger partial charge in [0, 0.05) is 5.70 Å². The zero-order valence-corrected chi connectivity index (χ0v) is 12.7. The second-order valence-corrected chi connectivity index (χ2v) is 6.19. The molecule has 0 spiro atoms. The van der Waals surface area contributed by atoms with Gasteiger partial charge in [-0.05, 0) is 47.8 Å². The zero-order valence-electron chi connectivity index (χ0n) is 10.5. The highest BCUT2D eigenvalue weighted by Crippen LogP contribution is 2.28. The summed E-state index contributed by atoms with van der Waals surface area (Å²) in [4.78, 5) is 4.47. The lowest BCUT2D eigenvalue weighted by molar-refractivity contribution is 0.345. The molecule has 0 unspecified atom stereocenters. The van der Waals surface area contributed by atoms with E-state index in [2.05, 4.69) is 55.3 Å². The number of allylic oxidation sites excluding steroid dienone is 2. The summed E-state index contributed by atoms with van der Waals surface area (Å²) < 4.78 is 1.04. The van der Waals surface area contributed by atoms with Crippen LogP contribution in [0.25, 0.3) is 0 Å². The number of hydrogen-bond donors (Lipinski definition) is 1. The number of nitrogens with two attached hydrogens (primary N) is 1. The Morgan fingerprint density at radius 1 is 1.33 bits per heavy atom. The summed E-state index contributed by atoms with van der Waals surface area (Å²) in [6.45, 7) is 10.8. The third kappa shape index (κ3) is 6.17. The zero-order chi connectivity index (χ0) is 12.1. The molecule has 2 N–H and O–H groups in total. The molecule has 0 aromatic carbocycles. The number of nitrogens with zero attached hydrogens (tertiary/aromatic N) is 1. The van der Waals surface area contributed by atoms with Gasteiger partial charge in [0.15, 0.2) is 0 Å². The SMILES string of the molecule is CCC(/N=C(\C)I)=C(/N)CC(C)(C)CC. The molecular formula is C12H23IN2. The van der Waals surface area contributed by atoms with E-state index in [-0.39, 0.29) is 5.41 Å². The molecule has 0 saturated carbocycles. The molecule has 0 aliphatic heterocycles. The predicted octanol–water partition coefficient (Wildman–Crippen LogP) is 4.25. The summed E-state index contributed by atoms with van der Waals surface area (Å²) in [5, 5.41) is 0. The van der Waals surface area contributed by atoms with E-state index in [9.17, 15) is 0 Å². The molecule has 0 aliphatic rings. The first-order valence-electron chi connectivity index (χ1n) is 5.50. The molecule has 0 radical (unpaired) electrons.